The number of hydrogen-bond donors (Lipinski definition) is 2. The summed E-state index contributed by atoms with van der Waals surface area (Å²) in [5.41, 5.74) is 2.25. The van der Waals surface area contributed by atoms with Crippen LogP contribution in [-0.4, -0.2) is 24.7 Å². The van der Waals surface area contributed by atoms with E-state index in [1.807, 2.05) is 6.07 Å². The van der Waals surface area contributed by atoms with Gasteiger partial charge < -0.3 is 5.32 Å². The van der Waals surface area contributed by atoms with Crippen molar-refractivity contribution in [3.05, 3.63) is 41.6 Å². The van der Waals surface area contributed by atoms with Gasteiger partial charge in [0.25, 0.3) is 10.0 Å². The summed E-state index contributed by atoms with van der Waals surface area (Å²) in [6, 6.07) is 6.88. The third-order valence-corrected chi connectivity index (χ3v) is 4.68. The van der Waals surface area contributed by atoms with Crippen LogP contribution in [0, 0.1) is 0 Å². The fourth-order valence-electron chi connectivity index (χ4n) is 2.29. The van der Waals surface area contributed by atoms with E-state index in [1.54, 1.807) is 36.1 Å². The van der Waals surface area contributed by atoms with Crippen LogP contribution < -0.4 is 10.0 Å². The molecule has 0 saturated heterocycles. The van der Waals surface area contributed by atoms with Crippen molar-refractivity contribution in [1.82, 2.24) is 15.1 Å². The van der Waals surface area contributed by atoms with Gasteiger partial charge in [-0.3, -0.25) is 9.40 Å². The smallest absolute Gasteiger partial charge is 0.263 e. The first kappa shape index (κ1) is 13.1. The normalized spacial score (nSPS) is 14.8. The molecule has 0 aliphatic carbocycles. The van der Waals surface area contributed by atoms with Crippen LogP contribution in [0.4, 0.5) is 5.82 Å². The van der Waals surface area contributed by atoms with Crippen LogP contribution in [0.2, 0.25) is 0 Å². The number of hydrogen-bond acceptors (Lipinski definition) is 4. The number of anilines is 1. The minimum absolute atomic E-state index is 0.281. The van der Waals surface area contributed by atoms with Crippen LogP contribution in [-0.2, 0) is 30.0 Å². The third-order valence-electron chi connectivity index (χ3n) is 3.33. The molecule has 0 saturated carbocycles. The molecule has 1 aromatic heterocycles. The van der Waals surface area contributed by atoms with Crippen molar-refractivity contribution < 1.29 is 8.42 Å². The molecule has 0 spiro atoms. The Labute approximate surface area is 117 Å². The van der Waals surface area contributed by atoms with E-state index in [1.165, 1.54) is 0 Å². The third kappa shape index (κ3) is 2.54. The fourth-order valence-corrected chi connectivity index (χ4v) is 3.33. The maximum absolute atomic E-state index is 12.3. The maximum Gasteiger partial charge on any atom is 0.263 e. The van der Waals surface area contributed by atoms with Crippen LogP contribution in [0.25, 0.3) is 0 Å². The van der Waals surface area contributed by atoms with Crippen molar-refractivity contribution in [2.45, 2.75) is 17.9 Å². The Kier molecular flexibility index (Phi) is 3.23. The van der Waals surface area contributed by atoms with Crippen molar-refractivity contribution in [3.8, 4) is 0 Å². The number of benzene rings is 1. The maximum atomic E-state index is 12.3. The summed E-state index contributed by atoms with van der Waals surface area (Å²) < 4.78 is 28.7. The number of fused-ring (bicyclic) bond motifs is 1. The highest BCUT2D eigenvalue weighted by Gasteiger charge is 2.18. The highest BCUT2D eigenvalue weighted by Crippen LogP contribution is 2.20. The van der Waals surface area contributed by atoms with Gasteiger partial charge in [0.05, 0.1) is 4.90 Å². The second-order valence-corrected chi connectivity index (χ2v) is 6.52. The van der Waals surface area contributed by atoms with Gasteiger partial charge in [-0.1, -0.05) is 6.07 Å². The Hall–Kier alpha value is -1.86. The van der Waals surface area contributed by atoms with E-state index in [-0.39, 0.29) is 4.90 Å². The lowest BCUT2D eigenvalue weighted by atomic mass is 10.0. The number of aromatic nitrogens is 2. The predicted molar refractivity (Wildman–Crippen MR) is 75.9 cm³/mol. The van der Waals surface area contributed by atoms with Gasteiger partial charge in [-0.05, 0) is 36.2 Å². The molecule has 0 fully saturated rings. The lowest BCUT2D eigenvalue weighted by Gasteiger charge is -2.17. The first-order valence-corrected chi connectivity index (χ1v) is 7.88. The second kappa shape index (κ2) is 4.92. The molecule has 6 nitrogen and oxygen atoms in total. The van der Waals surface area contributed by atoms with Gasteiger partial charge in [0.1, 0.15) is 0 Å². The first-order chi connectivity index (χ1) is 9.54. The minimum Gasteiger partial charge on any atom is -0.312 e. The largest absolute Gasteiger partial charge is 0.312 e. The first-order valence-electron chi connectivity index (χ1n) is 6.39. The summed E-state index contributed by atoms with van der Waals surface area (Å²) >= 11 is 0. The minimum atomic E-state index is -3.58. The molecular formula is C13H16N4O2S. The summed E-state index contributed by atoms with van der Waals surface area (Å²) in [4.78, 5) is 0.281. The van der Waals surface area contributed by atoms with Crippen LogP contribution in [0.3, 0.4) is 0 Å². The van der Waals surface area contributed by atoms with E-state index >= 15 is 0 Å². The zero-order chi connectivity index (χ0) is 14.2. The summed E-state index contributed by atoms with van der Waals surface area (Å²) in [6.45, 7) is 1.67. The number of rotatable bonds is 3. The zero-order valence-electron chi connectivity index (χ0n) is 11.1. The molecule has 2 N–H and O–H groups in total. The predicted octanol–water partition coefficient (Wildman–Crippen LogP) is 0.867. The lowest BCUT2D eigenvalue weighted by molar-refractivity contribution is 0.599. The molecule has 0 atom stereocenters. The Balaban J connectivity index is 1.91. The number of sulfonamides is 1. The molecule has 0 bridgehead atoms. The number of nitrogens with one attached hydrogen (secondary N) is 2. The monoisotopic (exact) mass is 292 g/mol. The van der Waals surface area contributed by atoms with E-state index < -0.39 is 10.0 Å². The molecule has 7 heteroatoms. The summed E-state index contributed by atoms with van der Waals surface area (Å²) in [6.07, 6.45) is 2.54. The van der Waals surface area contributed by atoms with Crippen molar-refractivity contribution in [2.75, 3.05) is 11.3 Å². The number of nitrogens with zero attached hydrogens (tertiary/aromatic N) is 2. The molecule has 0 radical (unpaired) electrons. The average molecular weight is 292 g/mol. The van der Waals surface area contributed by atoms with Gasteiger partial charge in [0, 0.05) is 25.9 Å². The van der Waals surface area contributed by atoms with Gasteiger partial charge in [0.2, 0.25) is 0 Å². The Morgan fingerprint density at radius 2 is 2.15 bits per heavy atom. The van der Waals surface area contributed by atoms with Gasteiger partial charge in [-0.15, -0.1) is 0 Å². The van der Waals surface area contributed by atoms with Crippen LogP contribution >= 0.6 is 0 Å². The van der Waals surface area contributed by atoms with Crippen LogP contribution in [0.5, 0.6) is 0 Å². The molecule has 3 rings (SSSR count). The molecular weight excluding hydrogens is 276 g/mol. The van der Waals surface area contributed by atoms with E-state index in [0.717, 1.165) is 30.6 Å². The Morgan fingerprint density at radius 1 is 1.30 bits per heavy atom. The highest BCUT2D eigenvalue weighted by molar-refractivity contribution is 7.92. The van der Waals surface area contributed by atoms with Crippen LogP contribution in [0.1, 0.15) is 11.1 Å². The molecule has 1 aromatic carbocycles. The van der Waals surface area contributed by atoms with E-state index in [0.29, 0.717) is 5.82 Å². The van der Waals surface area contributed by atoms with E-state index in [9.17, 15) is 8.42 Å². The summed E-state index contributed by atoms with van der Waals surface area (Å²) in [7, 11) is -1.84. The number of aryl methyl sites for hydroxylation is 1. The Bertz CT molecular complexity index is 737. The van der Waals surface area contributed by atoms with Crippen LogP contribution in [0.15, 0.2) is 35.4 Å². The van der Waals surface area contributed by atoms with E-state index in [4.69, 9.17) is 0 Å². The molecule has 2 aromatic rings. The van der Waals surface area contributed by atoms with Crippen molar-refractivity contribution >= 4 is 15.8 Å². The summed E-state index contributed by atoms with van der Waals surface area (Å²) in [5, 5.41) is 7.29. The molecule has 20 heavy (non-hydrogen) atoms. The topological polar surface area (TPSA) is 76.0 Å². The highest BCUT2D eigenvalue weighted by atomic mass is 32.2. The van der Waals surface area contributed by atoms with Crippen molar-refractivity contribution in [3.63, 3.8) is 0 Å². The van der Waals surface area contributed by atoms with Crippen molar-refractivity contribution in [2.24, 2.45) is 7.05 Å². The molecule has 1 aliphatic heterocycles. The molecule has 0 unspecified atom stereocenters. The standard InChI is InChI=1S/C13H16N4O2S/c1-17-7-5-13(15-17)16-20(18,19)12-3-2-11-9-14-6-4-10(11)8-12/h2-3,5,7-8,14H,4,6,9H2,1H3,(H,15,16). The van der Waals surface area contributed by atoms with Gasteiger partial charge in [0.15, 0.2) is 5.82 Å². The molecule has 2 heterocycles. The average Bonchev–Trinajstić information content (AvgIpc) is 2.83. The summed E-state index contributed by atoms with van der Waals surface area (Å²) in [5.74, 6) is 0.326. The van der Waals surface area contributed by atoms with Gasteiger partial charge >= 0.3 is 0 Å². The fraction of sp³-hybridized carbons (Fsp3) is 0.308. The quantitative estimate of drug-likeness (QED) is 0.880. The van der Waals surface area contributed by atoms with Crippen molar-refractivity contribution in [1.29, 1.82) is 0 Å². The zero-order valence-corrected chi connectivity index (χ0v) is 11.9. The molecule has 1 aliphatic rings. The lowest BCUT2D eigenvalue weighted by Crippen LogP contribution is -2.24. The molecule has 0 amide bonds. The molecule has 106 valence electrons. The second-order valence-electron chi connectivity index (χ2n) is 4.84. The van der Waals surface area contributed by atoms with Gasteiger partial charge in [-0.2, -0.15) is 5.10 Å². The Morgan fingerprint density at radius 3 is 2.90 bits per heavy atom. The SMILES string of the molecule is Cn1ccc(NS(=O)(=O)c2ccc3c(c2)CCNC3)n1. The van der Waals surface area contributed by atoms with E-state index in [2.05, 4.69) is 15.1 Å². The van der Waals surface area contributed by atoms with Gasteiger partial charge in [-0.25, -0.2) is 8.42 Å².